The van der Waals surface area contributed by atoms with Crippen molar-refractivity contribution in [3.63, 3.8) is 0 Å². The Morgan fingerprint density at radius 1 is 1.23 bits per heavy atom. The van der Waals surface area contributed by atoms with Gasteiger partial charge in [0.2, 0.25) is 0 Å². The molecule has 30 heavy (non-hydrogen) atoms. The van der Waals surface area contributed by atoms with E-state index in [-0.39, 0.29) is 10.9 Å². The summed E-state index contributed by atoms with van der Waals surface area (Å²) in [6.45, 7) is 0.308. The molecule has 150 valence electrons. The molecule has 0 fully saturated rings. The largest absolute Gasteiger partial charge is 0.324 e. The zero-order valence-corrected chi connectivity index (χ0v) is 18.5. The van der Waals surface area contributed by atoms with Crippen LogP contribution in [0.1, 0.15) is 10.4 Å². The lowest BCUT2D eigenvalue weighted by Gasteiger charge is -2.18. The van der Waals surface area contributed by atoms with Crippen molar-refractivity contribution in [2.75, 3.05) is 4.90 Å². The van der Waals surface area contributed by atoms with Gasteiger partial charge in [0.15, 0.2) is 5.13 Å². The number of halogens is 1. The van der Waals surface area contributed by atoms with Crippen molar-refractivity contribution in [1.29, 1.82) is 0 Å². The summed E-state index contributed by atoms with van der Waals surface area (Å²) in [4.78, 5) is 34.4. The number of rotatable bonds is 6. The van der Waals surface area contributed by atoms with Crippen molar-refractivity contribution in [3.05, 3.63) is 86.0 Å². The second-order valence-corrected chi connectivity index (χ2v) is 9.18. The number of carbonyl (C=O) groups excluding carboxylic acids is 1. The molecule has 0 bridgehead atoms. The first-order valence-corrected chi connectivity index (χ1v) is 11.1. The van der Waals surface area contributed by atoms with Crippen LogP contribution in [0.4, 0.5) is 10.1 Å². The van der Waals surface area contributed by atoms with Crippen LogP contribution in [0, 0.1) is 10.1 Å². The van der Waals surface area contributed by atoms with Gasteiger partial charge in [-0.2, -0.15) is 0 Å². The molecule has 0 saturated heterocycles. The van der Waals surface area contributed by atoms with E-state index in [1.807, 2.05) is 30.3 Å². The van der Waals surface area contributed by atoms with Crippen molar-refractivity contribution < 1.29 is 9.72 Å². The Bertz CT molecular complexity index is 1250. The number of nitrogens with zero attached hydrogens (tertiary/aromatic N) is 4. The van der Waals surface area contributed by atoms with E-state index in [9.17, 15) is 14.9 Å². The Morgan fingerprint density at radius 3 is 2.83 bits per heavy atom. The van der Waals surface area contributed by atoms with Gasteiger partial charge in [-0.1, -0.05) is 44.7 Å². The van der Waals surface area contributed by atoms with E-state index in [0.29, 0.717) is 16.6 Å². The molecule has 3 aromatic heterocycles. The standard InChI is InChI=1S/C20H13BrN4O3S2/c21-14-3-6-16-17(10-14)30-20(23-16)24(12-13-2-1-9-22-11-13)18(26)7-4-15-5-8-19(29-15)25(27)28/h1-11H,12H2/b7-4+. The number of anilines is 1. The van der Waals surface area contributed by atoms with Crippen LogP contribution < -0.4 is 4.90 Å². The fraction of sp³-hybridized carbons (Fsp3) is 0.0500. The number of nitro groups is 1. The number of thiophene rings is 1. The molecule has 0 spiro atoms. The van der Waals surface area contributed by atoms with Gasteiger partial charge in [0.05, 0.1) is 21.7 Å². The highest BCUT2D eigenvalue weighted by Crippen LogP contribution is 2.32. The number of hydrogen-bond donors (Lipinski definition) is 0. The van der Waals surface area contributed by atoms with E-state index in [1.54, 1.807) is 29.4 Å². The van der Waals surface area contributed by atoms with Crippen molar-refractivity contribution in [2.45, 2.75) is 6.54 Å². The van der Waals surface area contributed by atoms with Gasteiger partial charge in [0, 0.05) is 33.9 Å². The second kappa shape index (κ2) is 8.82. The van der Waals surface area contributed by atoms with Gasteiger partial charge < -0.3 is 0 Å². The third-order valence-corrected chi connectivity index (χ3v) is 6.62. The first-order valence-electron chi connectivity index (χ1n) is 8.68. The molecule has 0 N–H and O–H groups in total. The summed E-state index contributed by atoms with van der Waals surface area (Å²) in [5.41, 5.74) is 1.67. The van der Waals surface area contributed by atoms with Gasteiger partial charge in [-0.25, -0.2) is 4.98 Å². The van der Waals surface area contributed by atoms with Crippen LogP contribution in [0.5, 0.6) is 0 Å². The first-order chi connectivity index (χ1) is 14.5. The molecule has 4 rings (SSSR count). The van der Waals surface area contributed by atoms with Crippen LogP contribution in [-0.2, 0) is 11.3 Å². The zero-order valence-electron chi connectivity index (χ0n) is 15.3. The summed E-state index contributed by atoms with van der Waals surface area (Å²) in [5, 5.41) is 11.5. The zero-order chi connectivity index (χ0) is 21.1. The lowest BCUT2D eigenvalue weighted by Crippen LogP contribution is -2.28. The average molecular weight is 501 g/mol. The normalized spacial score (nSPS) is 11.2. The Balaban J connectivity index is 1.65. The smallest absolute Gasteiger partial charge is 0.280 e. The summed E-state index contributed by atoms with van der Waals surface area (Å²) in [6, 6.07) is 12.5. The predicted molar refractivity (Wildman–Crippen MR) is 123 cm³/mol. The number of benzene rings is 1. The second-order valence-electron chi connectivity index (χ2n) is 6.16. The summed E-state index contributed by atoms with van der Waals surface area (Å²) in [7, 11) is 0. The molecule has 0 aliphatic carbocycles. The maximum absolute atomic E-state index is 13.1. The third-order valence-electron chi connectivity index (χ3n) is 4.08. The van der Waals surface area contributed by atoms with Gasteiger partial charge in [0.25, 0.3) is 5.91 Å². The monoisotopic (exact) mass is 500 g/mol. The molecular formula is C20H13BrN4O3S2. The number of fused-ring (bicyclic) bond motifs is 1. The topological polar surface area (TPSA) is 89.2 Å². The maximum Gasteiger partial charge on any atom is 0.324 e. The van der Waals surface area contributed by atoms with Gasteiger partial charge in [-0.05, 0) is 42.0 Å². The van der Waals surface area contributed by atoms with E-state index in [4.69, 9.17) is 0 Å². The van der Waals surface area contributed by atoms with Gasteiger partial charge in [-0.15, -0.1) is 0 Å². The Kier molecular flexibility index (Phi) is 5.98. The molecule has 7 nitrogen and oxygen atoms in total. The quantitative estimate of drug-likeness (QED) is 0.193. The van der Waals surface area contributed by atoms with E-state index in [0.717, 1.165) is 31.6 Å². The number of thiazole rings is 1. The fourth-order valence-electron chi connectivity index (χ4n) is 2.69. The van der Waals surface area contributed by atoms with Crippen molar-refractivity contribution in [3.8, 4) is 0 Å². The molecule has 10 heteroatoms. The van der Waals surface area contributed by atoms with Gasteiger partial charge in [-0.3, -0.25) is 24.8 Å². The fourth-order valence-corrected chi connectivity index (χ4v) is 4.94. The van der Waals surface area contributed by atoms with Crippen LogP contribution in [0.2, 0.25) is 0 Å². The molecule has 1 aromatic carbocycles. The first kappa shape index (κ1) is 20.3. The molecule has 0 unspecified atom stereocenters. The summed E-state index contributed by atoms with van der Waals surface area (Å²) < 4.78 is 1.90. The highest BCUT2D eigenvalue weighted by molar-refractivity contribution is 9.10. The molecule has 0 radical (unpaired) electrons. The summed E-state index contributed by atoms with van der Waals surface area (Å²) >= 11 is 5.89. The Hall–Kier alpha value is -2.95. The lowest BCUT2D eigenvalue weighted by molar-refractivity contribution is -0.380. The Morgan fingerprint density at radius 2 is 2.10 bits per heavy atom. The average Bonchev–Trinajstić information content (AvgIpc) is 3.37. The van der Waals surface area contributed by atoms with E-state index in [1.165, 1.54) is 23.5 Å². The third kappa shape index (κ3) is 4.61. The SMILES string of the molecule is O=C(/C=C/c1ccc([N+](=O)[O-])s1)N(Cc1cccnc1)c1nc2ccc(Br)cc2s1. The van der Waals surface area contributed by atoms with Crippen LogP contribution in [0.15, 0.2) is 65.4 Å². The van der Waals surface area contributed by atoms with Crippen LogP contribution in [-0.4, -0.2) is 20.8 Å². The van der Waals surface area contributed by atoms with Gasteiger partial charge >= 0.3 is 5.00 Å². The van der Waals surface area contributed by atoms with Crippen molar-refractivity contribution in [2.24, 2.45) is 0 Å². The summed E-state index contributed by atoms with van der Waals surface area (Å²) in [6.07, 6.45) is 6.37. The molecule has 0 aliphatic rings. The van der Waals surface area contributed by atoms with Crippen LogP contribution in [0.25, 0.3) is 16.3 Å². The van der Waals surface area contributed by atoms with E-state index in [2.05, 4.69) is 25.9 Å². The molecule has 4 aromatic rings. The minimum absolute atomic E-state index is 0.0334. The number of pyridine rings is 1. The molecule has 3 heterocycles. The number of aromatic nitrogens is 2. The molecule has 0 saturated carbocycles. The minimum Gasteiger partial charge on any atom is -0.280 e. The van der Waals surface area contributed by atoms with Crippen LogP contribution >= 0.6 is 38.6 Å². The summed E-state index contributed by atoms with van der Waals surface area (Å²) in [5.74, 6) is -0.270. The van der Waals surface area contributed by atoms with Crippen molar-refractivity contribution >= 4 is 70.9 Å². The highest BCUT2D eigenvalue weighted by atomic mass is 79.9. The molecular weight excluding hydrogens is 488 g/mol. The predicted octanol–water partition coefficient (Wildman–Crippen LogP) is 5.67. The highest BCUT2D eigenvalue weighted by Gasteiger charge is 2.19. The van der Waals surface area contributed by atoms with E-state index < -0.39 is 4.92 Å². The Labute approximate surface area is 187 Å². The number of amides is 1. The van der Waals surface area contributed by atoms with Crippen LogP contribution in [0.3, 0.4) is 0 Å². The maximum atomic E-state index is 13.1. The van der Waals surface area contributed by atoms with Gasteiger partial charge in [0.1, 0.15) is 0 Å². The molecule has 1 amide bonds. The van der Waals surface area contributed by atoms with E-state index >= 15 is 0 Å². The molecule has 0 atom stereocenters. The molecule has 0 aliphatic heterocycles. The minimum atomic E-state index is -0.447. The number of carbonyl (C=O) groups is 1. The van der Waals surface area contributed by atoms with Crippen molar-refractivity contribution in [1.82, 2.24) is 9.97 Å². The number of hydrogen-bond acceptors (Lipinski definition) is 7. The lowest BCUT2D eigenvalue weighted by atomic mass is 10.2.